The molecule has 0 spiro atoms. The van der Waals surface area contributed by atoms with Gasteiger partial charge in [0.1, 0.15) is 13.2 Å². The van der Waals surface area contributed by atoms with Crippen LogP contribution in [0.25, 0.3) is 0 Å². The van der Waals surface area contributed by atoms with Crippen LogP contribution in [0.15, 0.2) is 35.7 Å². The fourth-order valence-corrected chi connectivity index (χ4v) is 4.04. The first-order valence-electron chi connectivity index (χ1n) is 9.35. The molecule has 2 fully saturated rings. The maximum atomic E-state index is 12.6. The zero-order chi connectivity index (χ0) is 20.2. The van der Waals surface area contributed by atoms with E-state index in [1.807, 2.05) is 30.3 Å². The summed E-state index contributed by atoms with van der Waals surface area (Å²) in [5.74, 6) is -0.647. The zero-order valence-electron chi connectivity index (χ0n) is 15.6. The summed E-state index contributed by atoms with van der Waals surface area (Å²) in [6.45, 7) is 1.07. The van der Waals surface area contributed by atoms with E-state index in [1.54, 1.807) is 10.3 Å². The molecule has 1 atom stereocenters. The number of hydrogen-bond donors (Lipinski definition) is 0. The highest BCUT2D eigenvalue weighted by Crippen LogP contribution is 2.25. The Morgan fingerprint density at radius 1 is 1.21 bits per heavy atom. The molecular formula is C19H20N4O5S. The van der Waals surface area contributed by atoms with Crippen LogP contribution in [0.4, 0.5) is 4.79 Å². The summed E-state index contributed by atoms with van der Waals surface area (Å²) in [6, 6.07) is 8.41. The van der Waals surface area contributed by atoms with Crippen LogP contribution < -0.4 is 0 Å². The van der Waals surface area contributed by atoms with E-state index in [1.165, 1.54) is 4.90 Å². The van der Waals surface area contributed by atoms with Crippen LogP contribution in [0.2, 0.25) is 0 Å². The standard InChI is InChI=1S/C19H20N4O5S/c24-17(15-12-29-21-20-15)22-8-6-14(7-9-22)23-16(11-28-19(23)26)18(25)27-10-13-4-2-1-3-5-13/h1-5,12,14,16H,6-11H2. The molecule has 1 aromatic heterocycles. The van der Waals surface area contributed by atoms with Crippen molar-refractivity contribution in [1.29, 1.82) is 0 Å². The van der Waals surface area contributed by atoms with Crippen molar-refractivity contribution < 1.29 is 23.9 Å². The van der Waals surface area contributed by atoms with Gasteiger partial charge < -0.3 is 14.4 Å². The molecule has 3 heterocycles. The third-order valence-corrected chi connectivity index (χ3v) is 5.64. The molecule has 0 N–H and O–H groups in total. The van der Waals surface area contributed by atoms with E-state index in [0.29, 0.717) is 31.6 Å². The minimum absolute atomic E-state index is 0.0178. The number of piperidine rings is 1. The topological polar surface area (TPSA) is 102 Å². The van der Waals surface area contributed by atoms with Crippen LogP contribution in [-0.2, 0) is 20.9 Å². The van der Waals surface area contributed by atoms with Crippen molar-refractivity contribution in [2.24, 2.45) is 0 Å². The van der Waals surface area contributed by atoms with E-state index in [-0.39, 0.29) is 25.2 Å². The Morgan fingerprint density at radius 2 is 1.97 bits per heavy atom. The number of likely N-dealkylation sites (tertiary alicyclic amines) is 1. The Morgan fingerprint density at radius 3 is 2.66 bits per heavy atom. The molecule has 29 heavy (non-hydrogen) atoms. The van der Waals surface area contributed by atoms with Gasteiger partial charge in [-0.1, -0.05) is 34.8 Å². The van der Waals surface area contributed by atoms with Gasteiger partial charge in [-0.15, -0.1) is 5.10 Å². The van der Waals surface area contributed by atoms with E-state index in [4.69, 9.17) is 9.47 Å². The summed E-state index contributed by atoms with van der Waals surface area (Å²) in [6.07, 6.45) is 0.599. The number of amides is 2. The smallest absolute Gasteiger partial charge is 0.410 e. The van der Waals surface area contributed by atoms with Gasteiger partial charge in [-0.05, 0) is 29.9 Å². The van der Waals surface area contributed by atoms with Gasteiger partial charge in [0, 0.05) is 24.5 Å². The average molecular weight is 416 g/mol. The number of cyclic esters (lactones) is 1. The van der Waals surface area contributed by atoms with Crippen LogP contribution in [0.3, 0.4) is 0 Å². The lowest BCUT2D eigenvalue weighted by atomic mass is 10.0. The van der Waals surface area contributed by atoms with Crippen molar-refractivity contribution in [3.8, 4) is 0 Å². The average Bonchev–Trinajstić information content (AvgIpc) is 3.42. The Kier molecular flexibility index (Phi) is 5.70. The summed E-state index contributed by atoms with van der Waals surface area (Å²) in [7, 11) is 0. The first-order chi connectivity index (χ1) is 14.1. The molecule has 2 aliphatic heterocycles. The van der Waals surface area contributed by atoms with E-state index >= 15 is 0 Å². The Labute approximate surface area is 171 Å². The van der Waals surface area contributed by atoms with Gasteiger partial charge in [-0.25, -0.2) is 9.59 Å². The number of aromatic nitrogens is 2. The Hall–Kier alpha value is -3.01. The molecule has 0 radical (unpaired) electrons. The number of hydrogen-bond acceptors (Lipinski definition) is 8. The SMILES string of the molecule is O=C(OCc1ccccc1)C1COC(=O)N1C1CCN(C(=O)c2csnn2)CC1. The van der Waals surface area contributed by atoms with Gasteiger partial charge in [0.2, 0.25) is 0 Å². The van der Waals surface area contributed by atoms with Crippen molar-refractivity contribution in [3.63, 3.8) is 0 Å². The molecule has 0 bridgehead atoms. The van der Waals surface area contributed by atoms with Crippen LogP contribution >= 0.6 is 11.5 Å². The fraction of sp³-hybridized carbons (Fsp3) is 0.421. The highest BCUT2D eigenvalue weighted by Gasteiger charge is 2.44. The summed E-state index contributed by atoms with van der Waals surface area (Å²) in [4.78, 5) is 40.4. The van der Waals surface area contributed by atoms with E-state index < -0.39 is 18.1 Å². The first kappa shape index (κ1) is 19.3. The number of ether oxygens (including phenoxy) is 2. The van der Waals surface area contributed by atoms with Crippen molar-refractivity contribution >= 4 is 29.5 Å². The lowest BCUT2D eigenvalue weighted by Crippen LogP contribution is -2.52. The lowest BCUT2D eigenvalue weighted by molar-refractivity contribution is -0.150. The lowest BCUT2D eigenvalue weighted by Gasteiger charge is -2.36. The van der Waals surface area contributed by atoms with Gasteiger partial charge in [-0.2, -0.15) is 0 Å². The molecule has 9 nitrogen and oxygen atoms in total. The second-order valence-corrected chi connectivity index (χ2v) is 7.52. The predicted molar refractivity (Wildman–Crippen MR) is 102 cm³/mol. The Balaban J connectivity index is 1.35. The van der Waals surface area contributed by atoms with Crippen molar-refractivity contribution in [1.82, 2.24) is 19.4 Å². The van der Waals surface area contributed by atoms with Crippen molar-refractivity contribution in [3.05, 3.63) is 47.0 Å². The fourth-order valence-electron chi connectivity index (χ4n) is 3.61. The van der Waals surface area contributed by atoms with E-state index in [2.05, 4.69) is 9.59 Å². The minimum Gasteiger partial charge on any atom is -0.459 e. The molecule has 10 heteroatoms. The first-order valence-corrected chi connectivity index (χ1v) is 10.2. The number of carbonyl (C=O) groups is 3. The highest BCUT2D eigenvalue weighted by molar-refractivity contribution is 7.03. The molecule has 0 saturated carbocycles. The molecule has 2 aromatic rings. The molecule has 0 aliphatic carbocycles. The second kappa shape index (κ2) is 8.56. The maximum Gasteiger partial charge on any atom is 0.410 e. The number of esters is 1. The molecule has 4 rings (SSSR count). The van der Waals surface area contributed by atoms with Gasteiger partial charge in [-0.3, -0.25) is 9.69 Å². The summed E-state index contributed by atoms with van der Waals surface area (Å²) in [5, 5.41) is 5.43. The number of nitrogens with zero attached hydrogens (tertiary/aromatic N) is 4. The van der Waals surface area contributed by atoms with Gasteiger partial charge in [0.05, 0.1) is 0 Å². The molecule has 2 aliphatic rings. The van der Waals surface area contributed by atoms with Crippen molar-refractivity contribution in [2.75, 3.05) is 19.7 Å². The van der Waals surface area contributed by atoms with Crippen LogP contribution in [-0.4, -0.2) is 69.1 Å². The van der Waals surface area contributed by atoms with Gasteiger partial charge in [0.15, 0.2) is 11.7 Å². The Bertz CT molecular complexity index is 868. The summed E-state index contributed by atoms with van der Waals surface area (Å²) in [5.41, 5.74) is 1.21. The number of benzene rings is 1. The molecule has 2 amide bonds. The van der Waals surface area contributed by atoms with Crippen molar-refractivity contribution in [2.45, 2.75) is 31.5 Å². The minimum atomic E-state index is -0.763. The monoisotopic (exact) mass is 416 g/mol. The van der Waals surface area contributed by atoms with Gasteiger partial charge in [0.25, 0.3) is 5.91 Å². The molecule has 1 unspecified atom stereocenters. The third kappa shape index (κ3) is 4.21. The number of rotatable bonds is 5. The summed E-state index contributed by atoms with van der Waals surface area (Å²) < 4.78 is 14.2. The normalized spacial score (nSPS) is 19.9. The van der Waals surface area contributed by atoms with Gasteiger partial charge >= 0.3 is 12.1 Å². The molecule has 1 aromatic carbocycles. The van der Waals surface area contributed by atoms with Crippen LogP contribution in [0.5, 0.6) is 0 Å². The van der Waals surface area contributed by atoms with E-state index in [9.17, 15) is 14.4 Å². The van der Waals surface area contributed by atoms with E-state index in [0.717, 1.165) is 17.1 Å². The second-order valence-electron chi connectivity index (χ2n) is 6.91. The largest absolute Gasteiger partial charge is 0.459 e. The highest BCUT2D eigenvalue weighted by atomic mass is 32.1. The summed E-state index contributed by atoms with van der Waals surface area (Å²) >= 11 is 1.13. The predicted octanol–water partition coefficient (Wildman–Crippen LogP) is 1.71. The van der Waals surface area contributed by atoms with Crippen LogP contribution in [0.1, 0.15) is 28.9 Å². The quantitative estimate of drug-likeness (QED) is 0.684. The zero-order valence-corrected chi connectivity index (χ0v) is 16.4. The maximum absolute atomic E-state index is 12.6. The third-order valence-electron chi connectivity index (χ3n) is 5.13. The van der Waals surface area contributed by atoms with Crippen LogP contribution in [0, 0.1) is 0 Å². The molecule has 152 valence electrons. The molecular weight excluding hydrogens is 396 g/mol. The molecule has 2 saturated heterocycles. The number of carbonyl (C=O) groups excluding carboxylic acids is 3.